The molecule has 1 aromatic carbocycles. The number of ether oxygens (including phenoxy) is 1. The maximum atomic E-state index is 9.10. The standard InChI is InChI=1S/C13H19Cl2NO.C2H2O4/c1-2-3-7-16-8-4-9-17-11-5-6-12(14)13(15)10-11;3-1(4)2(5)6/h5-6,10,16H,2-4,7-9H2,1H3;(H,3,4)(H,5,6). The van der Waals surface area contributed by atoms with E-state index in [1.807, 2.05) is 6.07 Å². The van der Waals surface area contributed by atoms with E-state index in [0.717, 1.165) is 25.3 Å². The van der Waals surface area contributed by atoms with Gasteiger partial charge in [-0.25, -0.2) is 9.59 Å². The van der Waals surface area contributed by atoms with E-state index in [1.54, 1.807) is 12.1 Å². The smallest absolute Gasteiger partial charge is 0.414 e. The molecule has 0 amide bonds. The molecule has 0 heterocycles. The Bertz CT molecular complexity index is 485. The summed E-state index contributed by atoms with van der Waals surface area (Å²) in [6.45, 7) is 4.96. The number of aliphatic carboxylic acids is 2. The third-order valence-electron chi connectivity index (χ3n) is 2.55. The predicted molar refractivity (Wildman–Crippen MR) is 89.6 cm³/mol. The molecule has 0 bridgehead atoms. The van der Waals surface area contributed by atoms with Gasteiger partial charge in [-0.05, 0) is 38.1 Å². The van der Waals surface area contributed by atoms with Gasteiger partial charge in [0.05, 0.1) is 16.7 Å². The van der Waals surface area contributed by atoms with Crippen molar-refractivity contribution < 1.29 is 24.5 Å². The number of carbonyl (C=O) groups is 2. The van der Waals surface area contributed by atoms with Crippen molar-refractivity contribution in [2.24, 2.45) is 0 Å². The van der Waals surface area contributed by atoms with Crippen molar-refractivity contribution in [1.29, 1.82) is 0 Å². The van der Waals surface area contributed by atoms with E-state index in [4.69, 9.17) is 47.7 Å². The fourth-order valence-corrected chi connectivity index (χ4v) is 1.67. The predicted octanol–water partition coefficient (Wildman–Crippen LogP) is 3.31. The number of nitrogens with one attached hydrogen (secondary N) is 1. The lowest BCUT2D eigenvalue weighted by molar-refractivity contribution is -0.159. The van der Waals surface area contributed by atoms with Gasteiger partial charge in [-0.3, -0.25) is 0 Å². The SMILES string of the molecule is CCCCNCCCOc1ccc(Cl)c(Cl)c1.O=C(O)C(=O)O. The van der Waals surface area contributed by atoms with Crippen LogP contribution in [0.4, 0.5) is 0 Å². The van der Waals surface area contributed by atoms with Gasteiger partial charge < -0.3 is 20.3 Å². The zero-order chi connectivity index (χ0) is 17.7. The Morgan fingerprint density at radius 2 is 1.70 bits per heavy atom. The van der Waals surface area contributed by atoms with E-state index in [-0.39, 0.29) is 0 Å². The normalized spacial score (nSPS) is 9.70. The van der Waals surface area contributed by atoms with Crippen LogP contribution in [0.15, 0.2) is 18.2 Å². The molecule has 6 nitrogen and oxygen atoms in total. The van der Waals surface area contributed by atoms with Crippen LogP contribution >= 0.6 is 23.2 Å². The van der Waals surface area contributed by atoms with Crippen molar-refractivity contribution in [3.8, 4) is 5.75 Å². The maximum Gasteiger partial charge on any atom is 0.414 e. The first kappa shape index (κ1) is 21.5. The molecule has 0 aliphatic carbocycles. The first-order valence-corrected chi connectivity index (χ1v) is 7.88. The molecule has 1 rings (SSSR count). The van der Waals surface area contributed by atoms with E-state index >= 15 is 0 Å². The summed E-state index contributed by atoms with van der Waals surface area (Å²) in [5, 5.41) is 19.2. The Labute approximate surface area is 145 Å². The fourth-order valence-electron chi connectivity index (χ4n) is 1.38. The first-order chi connectivity index (χ1) is 10.9. The second-order valence-corrected chi connectivity index (χ2v) is 5.31. The van der Waals surface area contributed by atoms with Crippen molar-refractivity contribution in [3.05, 3.63) is 28.2 Å². The maximum absolute atomic E-state index is 9.10. The van der Waals surface area contributed by atoms with Crippen LogP contribution in [0.5, 0.6) is 5.75 Å². The van der Waals surface area contributed by atoms with Crippen LogP contribution in [-0.2, 0) is 9.59 Å². The number of unbranched alkanes of at least 4 members (excludes halogenated alkanes) is 1. The Morgan fingerprint density at radius 1 is 1.09 bits per heavy atom. The summed E-state index contributed by atoms with van der Waals surface area (Å²) in [4.78, 5) is 18.2. The van der Waals surface area contributed by atoms with E-state index in [0.29, 0.717) is 16.7 Å². The molecule has 1 aromatic rings. The molecular weight excluding hydrogens is 345 g/mol. The number of rotatable bonds is 8. The summed E-state index contributed by atoms with van der Waals surface area (Å²) in [7, 11) is 0. The molecule has 3 N–H and O–H groups in total. The molecule has 0 spiro atoms. The number of benzene rings is 1. The zero-order valence-corrected chi connectivity index (χ0v) is 14.4. The fraction of sp³-hybridized carbons (Fsp3) is 0.467. The highest BCUT2D eigenvalue weighted by Gasteiger charge is 2.04. The molecule has 0 saturated carbocycles. The molecule has 0 saturated heterocycles. The second kappa shape index (κ2) is 13.0. The number of carboxylic acids is 2. The van der Waals surface area contributed by atoms with Crippen LogP contribution in [0, 0.1) is 0 Å². The van der Waals surface area contributed by atoms with Gasteiger partial charge >= 0.3 is 11.9 Å². The second-order valence-electron chi connectivity index (χ2n) is 4.49. The highest BCUT2D eigenvalue weighted by Crippen LogP contribution is 2.26. The lowest BCUT2D eigenvalue weighted by atomic mass is 10.3. The monoisotopic (exact) mass is 365 g/mol. The molecule has 0 aromatic heterocycles. The van der Waals surface area contributed by atoms with Gasteiger partial charge in [-0.1, -0.05) is 36.5 Å². The summed E-state index contributed by atoms with van der Waals surface area (Å²) >= 11 is 11.7. The highest BCUT2D eigenvalue weighted by molar-refractivity contribution is 6.42. The minimum atomic E-state index is -1.82. The van der Waals surface area contributed by atoms with Crippen LogP contribution in [0.2, 0.25) is 10.0 Å². The Hall–Kier alpha value is -1.50. The minimum absolute atomic E-state index is 0.533. The van der Waals surface area contributed by atoms with Crippen molar-refractivity contribution in [2.45, 2.75) is 26.2 Å². The van der Waals surface area contributed by atoms with Crippen molar-refractivity contribution in [2.75, 3.05) is 19.7 Å². The Kier molecular flexibility index (Phi) is 12.1. The molecule has 0 radical (unpaired) electrons. The van der Waals surface area contributed by atoms with Crippen LogP contribution in [0.3, 0.4) is 0 Å². The molecule has 0 aliphatic heterocycles. The van der Waals surface area contributed by atoms with Gasteiger partial charge in [0.15, 0.2) is 0 Å². The van der Waals surface area contributed by atoms with E-state index < -0.39 is 11.9 Å². The summed E-state index contributed by atoms with van der Waals surface area (Å²) < 4.78 is 5.57. The van der Waals surface area contributed by atoms with E-state index in [1.165, 1.54) is 12.8 Å². The van der Waals surface area contributed by atoms with Gasteiger partial charge in [0.2, 0.25) is 0 Å². The largest absolute Gasteiger partial charge is 0.493 e. The molecule has 0 fully saturated rings. The lowest BCUT2D eigenvalue weighted by Crippen LogP contribution is -2.18. The van der Waals surface area contributed by atoms with Gasteiger partial charge in [-0.2, -0.15) is 0 Å². The van der Waals surface area contributed by atoms with E-state index in [2.05, 4.69) is 12.2 Å². The van der Waals surface area contributed by atoms with Gasteiger partial charge in [-0.15, -0.1) is 0 Å². The van der Waals surface area contributed by atoms with E-state index in [9.17, 15) is 0 Å². The average Bonchev–Trinajstić information content (AvgIpc) is 2.50. The highest BCUT2D eigenvalue weighted by atomic mass is 35.5. The van der Waals surface area contributed by atoms with Crippen molar-refractivity contribution in [1.82, 2.24) is 5.32 Å². The van der Waals surface area contributed by atoms with Crippen LogP contribution in [0.25, 0.3) is 0 Å². The van der Waals surface area contributed by atoms with Crippen LogP contribution in [-0.4, -0.2) is 41.8 Å². The summed E-state index contributed by atoms with van der Waals surface area (Å²) in [5.74, 6) is -2.88. The van der Waals surface area contributed by atoms with Crippen LogP contribution < -0.4 is 10.1 Å². The molecule has 0 unspecified atom stereocenters. The number of carboxylic acid groups (broad SMARTS) is 2. The van der Waals surface area contributed by atoms with Gasteiger partial charge in [0, 0.05) is 6.07 Å². The Morgan fingerprint density at radius 3 is 2.22 bits per heavy atom. The molecular formula is C15H21Cl2NO5. The third-order valence-corrected chi connectivity index (χ3v) is 3.29. The zero-order valence-electron chi connectivity index (χ0n) is 12.8. The molecule has 0 aliphatic rings. The molecule has 8 heteroatoms. The quantitative estimate of drug-likeness (QED) is 0.483. The lowest BCUT2D eigenvalue weighted by Gasteiger charge is -2.07. The molecule has 23 heavy (non-hydrogen) atoms. The topological polar surface area (TPSA) is 95.9 Å². The van der Waals surface area contributed by atoms with Crippen molar-refractivity contribution >= 4 is 35.1 Å². The Balaban J connectivity index is 0.000000688. The van der Waals surface area contributed by atoms with Gasteiger partial charge in [0.1, 0.15) is 5.75 Å². The summed E-state index contributed by atoms with van der Waals surface area (Å²) in [6, 6.07) is 5.33. The number of hydrogen-bond donors (Lipinski definition) is 3. The van der Waals surface area contributed by atoms with Crippen molar-refractivity contribution in [3.63, 3.8) is 0 Å². The summed E-state index contributed by atoms with van der Waals surface area (Å²) in [5.41, 5.74) is 0. The average molecular weight is 366 g/mol. The summed E-state index contributed by atoms with van der Waals surface area (Å²) in [6.07, 6.45) is 3.45. The number of hydrogen-bond acceptors (Lipinski definition) is 4. The molecule has 0 atom stereocenters. The minimum Gasteiger partial charge on any atom is -0.493 e. The molecule has 130 valence electrons. The number of halogens is 2. The van der Waals surface area contributed by atoms with Crippen LogP contribution in [0.1, 0.15) is 26.2 Å². The van der Waals surface area contributed by atoms with Gasteiger partial charge in [0.25, 0.3) is 0 Å². The third kappa shape index (κ3) is 11.7. The first-order valence-electron chi connectivity index (χ1n) is 7.13.